The fraction of sp³-hybridized carbons (Fsp3) is 0.556. The molecule has 2 aliphatic rings. The van der Waals surface area contributed by atoms with Gasteiger partial charge in [-0.25, -0.2) is 0 Å². The van der Waals surface area contributed by atoms with Gasteiger partial charge in [-0.05, 0) is 43.7 Å². The largest absolute Gasteiger partial charge is 0.379 e. The molecule has 0 bridgehead atoms. The van der Waals surface area contributed by atoms with E-state index in [1.807, 2.05) is 24.3 Å². The Kier molecular flexibility index (Phi) is 6.38. The second kappa shape index (κ2) is 8.94. The lowest BCUT2D eigenvalue weighted by Crippen LogP contribution is -2.41. The summed E-state index contributed by atoms with van der Waals surface area (Å²) in [7, 11) is 0. The zero-order chi connectivity index (χ0) is 17.5. The summed E-state index contributed by atoms with van der Waals surface area (Å²) in [5.74, 6) is 0.0462. The van der Waals surface area contributed by atoms with Gasteiger partial charge in [0.2, 0.25) is 11.8 Å². The number of piperidine rings is 1. The number of nitrogens with one attached hydrogen (secondary N) is 3. The lowest BCUT2D eigenvalue weighted by atomic mass is 9.99. The van der Waals surface area contributed by atoms with E-state index in [9.17, 15) is 9.59 Å². The number of rotatable bonds is 5. The summed E-state index contributed by atoms with van der Waals surface area (Å²) in [4.78, 5) is 26.4. The molecule has 2 fully saturated rings. The Morgan fingerprint density at radius 1 is 1.12 bits per heavy atom. The Balaban J connectivity index is 1.46. The van der Waals surface area contributed by atoms with Gasteiger partial charge in [0.1, 0.15) is 0 Å². The van der Waals surface area contributed by atoms with Crippen molar-refractivity contribution in [1.82, 2.24) is 10.2 Å². The van der Waals surface area contributed by atoms with Crippen LogP contribution in [0.25, 0.3) is 0 Å². The van der Waals surface area contributed by atoms with Crippen LogP contribution in [0.1, 0.15) is 12.8 Å². The van der Waals surface area contributed by atoms with E-state index in [1.54, 1.807) is 0 Å². The van der Waals surface area contributed by atoms with E-state index >= 15 is 0 Å². The average molecular weight is 346 g/mol. The van der Waals surface area contributed by atoms with Gasteiger partial charge in [-0.2, -0.15) is 0 Å². The number of carbonyl (C=O) groups excluding carboxylic acids is 2. The lowest BCUT2D eigenvalue weighted by Gasteiger charge is -2.25. The summed E-state index contributed by atoms with van der Waals surface area (Å²) in [5, 5.41) is 9.08. The van der Waals surface area contributed by atoms with Crippen molar-refractivity contribution in [1.29, 1.82) is 0 Å². The van der Waals surface area contributed by atoms with Gasteiger partial charge < -0.3 is 20.7 Å². The van der Waals surface area contributed by atoms with E-state index in [4.69, 9.17) is 4.74 Å². The highest BCUT2D eigenvalue weighted by Crippen LogP contribution is 2.17. The number of morpholine rings is 1. The highest BCUT2D eigenvalue weighted by molar-refractivity contribution is 5.94. The molecule has 2 heterocycles. The van der Waals surface area contributed by atoms with Crippen LogP contribution in [0, 0.1) is 5.92 Å². The van der Waals surface area contributed by atoms with Gasteiger partial charge in [-0.15, -0.1) is 0 Å². The first-order valence-electron chi connectivity index (χ1n) is 8.92. The molecule has 2 amide bonds. The van der Waals surface area contributed by atoms with Gasteiger partial charge in [0.05, 0.1) is 25.7 Å². The van der Waals surface area contributed by atoms with Gasteiger partial charge in [0.15, 0.2) is 0 Å². The molecule has 25 heavy (non-hydrogen) atoms. The third-order valence-corrected chi connectivity index (χ3v) is 4.57. The third-order valence-electron chi connectivity index (χ3n) is 4.57. The number of anilines is 2. The van der Waals surface area contributed by atoms with Crippen LogP contribution in [0.15, 0.2) is 24.3 Å². The van der Waals surface area contributed by atoms with Crippen LogP contribution < -0.4 is 16.0 Å². The standard InChI is InChI=1S/C18H26N4O3/c23-17(13-22-8-10-25-11-9-22)20-15-3-5-16(6-4-15)21-18(24)14-2-1-7-19-12-14/h3-6,14,19H,1-2,7-13H2,(H,20,23)(H,21,24). The molecule has 0 saturated carbocycles. The van der Waals surface area contributed by atoms with Crippen molar-refractivity contribution in [2.75, 3.05) is 56.6 Å². The second-order valence-electron chi connectivity index (χ2n) is 6.55. The Labute approximate surface area is 148 Å². The van der Waals surface area contributed by atoms with Crippen molar-refractivity contribution in [3.8, 4) is 0 Å². The van der Waals surface area contributed by atoms with Crippen LogP contribution in [0.2, 0.25) is 0 Å². The van der Waals surface area contributed by atoms with Crippen LogP contribution in [0.5, 0.6) is 0 Å². The summed E-state index contributed by atoms with van der Waals surface area (Å²) in [6, 6.07) is 7.26. The van der Waals surface area contributed by atoms with Gasteiger partial charge in [0.25, 0.3) is 0 Å². The Morgan fingerprint density at radius 2 is 1.80 bits per heavy atom. The van der Waals surface area contributed by atoms with E-state index in [1.165, 1.54) is 0 Å². The predicted octanol–water partition coefficient (Wildman–Crippen LogP) is 0.895. The quantitative estimate of drug-likeness (QED) is 0.738. The number of amides is 2. The maximum atomic E-state index is 12.2. The first-order valence-corrected chi connectivity index (χ1v) is 8.92. The van der Waals surface area contributed by atoms with Crippen molar-refractivity contribution in [2.24, 2.45) is 5.92 Å². The minimum atomic E-state index is -0.0352. The summed E-state index contributed by atoms with van der Waals surface area (Å²) in [6.07, 6.45) is 1.96. The molecule has 7 heteroatoms. The number of ether oxygens (including phenoxy) is 1. The van der Waals surface area contributed by atoms with Crippen LogP contribution in [-0.4, -0.2) is 62.7 Å². The van der Waals surface area contributed by atoms with Crippen molar-refractivity contribution >= 4 is 23.2 Å². The van der Waals surface area contributed by atoms with E-state index in [2.05, 4.69) is 20.9 Å². The molecule has 1 unspecified atom stereocenters. The Bertz CT molecular complexity index is 578. The van der Waals surface area contributed by atoms with E-state index < -0.39 is 0 Å². The molecule has 1 atom stereocenters. The topological polar surface area (TPSA) is 82.7 Å². The highest BCUT2D eigenvalue weighted by atomic mass is 16.5. The molecule has 7 nitrogen and oxygen atoms in total. The second-order valence-corrected chi connectivity index (χ2v) is 6.55. The number of benzene rings is 1. The SMILES string of the molecule is O=C(CN1CCOCC1)Nc1ccc(NC(=O)C2CCCNC2)cc1. The first-order chi connectivity index (χ1) is 12.2. The molecule has 1 aromatic rings. The Morgan fingerprint density at radius 3 is 2.44 bits per heavy atom. The maximum absolute atomic E-state index is 12.2. The zero-order valence-corrected chi connectivity index (χ0v) is 14.4. The van der Waals surface area contributed by atoms with Crippen molar-refractivity contribution in [3.63, 3.8) is 0 Å². The minimum Gasteiger partial charge on any atom is -0.379 e. The minimum absolute atomic E-state index is 0.0293. The van der Waals surface area contributed by atoms with Gasteiger partial charge in [0, 0.05) is 31.0 Å². The van der Waals surface area contributed by atoms with Gasteiger partial charge in [-0.3, -0.25) is 14.5 Å². The number of hydrogen-bond donors (Lipinski definition) is 3. The fourth-order valence-electron chi connectivity index (χ4n) is 3.12. The van der Waals surface area contributed by atoms with Crippen LogP contribution in [0.3, 0.4) is 0 Å². The Hall–Kier alpha value is -1.96. The number of nitrogens with zero attached hydrogens (tertiary/aromatic N) is 1. The average Bonchev–Trinajstić information content (AvgIpc) is 2.65. The van der Waals surface area contributed by atoms with E-state index in [-0.39, 0.29) is 17.7 Å². The lowest BCUT2D eigenvalue weighted by molar-refractivity contribution is -0.120. The monoisotopic (exact) mass is 346 g/mol. The third kappa shape index (κ3) is 5.52. The van der Waals surface area contributed by atoms with Crippen LogP contribution >= 0.6 is 0 Å². The molecular formula is C18H26N4O3. The van der Waals surface area contributed by atoms with Crippen molar-refractivity contribution in [3.05, 3.63) is 24.3 Å². The van der Waals surface area contributed by atoms with Crippen molar-refractivity contribution in [2.45, 2.75) is 12.8 Å². The molecule has 3 rings (SSSR count). The van der Waals surface area contributed by atoms with Crippen LogP contribution in [0.4, 0.5) is 11.4 Å². The zero-order valence-electron chi connectivity index (χ0n) is 14.4. The van der Waals surface area contributed by atoms with E-state index in [0.29, 0.717) is 19.8 Å². The molecule has 0 aromatic heterocycles. The highest BCUT2D eigenvalue weighted by Gasteiger charge is 2.20. The molecule has 0 aliphatic carbocycles. The molecular weight excluding hydrogens is 320 g/mol. The normalized spacial score (nSPS) is 21.5. The van der Waals surface area contributed by atoms with E-state index in [0.717, 1.165) is 50.4 Å². The molecule has 3 N–H and O–H groups in total. The number of hydrogen-bond acceptors (Lipinski definition) is 5. The van der Waals surface area contributed by atoms with Crippen LogP contribution in [-0.2, 0) is 14.3 Å². The molecule has 0 radical (unpaired) electrons. The van der Waals surface area contributed by atoms with Gasteiger partial charge >= 0.3 is 0 Å². The molecule has 136 valence electrons. The van der Waals surface area contributed by atoms with Crippen molar-refractivity contribution < 1.29 is 14.3 Å². The summed E-state index contributed by atoms with van der Waals surface area (Å²) in [5.41, 5.74) is 1.48. The molecule has 0 spiro atoms. The summed E-state index contributed by atoms with van der Waals surface area (Å²) in [6.45, 7) is 5.03. The predicted molar refractivity (Wildman–Crippen MR) is 96.6 cm³/mol. The molecule has 1 aromatic carbocycles. The number of carbonyl (C=O) groups is 2. The van der Waals surface area contributed by atoms with Gasteiger partial charge in [-0.1, -0.05) is 0 Å². The molecule has 2 saturated heterocycles. The smallest absolute Gasteiger partial charge is 0.238 e. The molecule has 2 aliphatic heterocycles. The summed E-state index contributed by atoms with van der Waals surface area (Å²) < 4.78 is 5.28. The fourth-order valence-corrected chi connectivity index (χ4v) is 3.12. The maximum Gasteiger partial charge on any atom is 0.238 e. The summed E-state index contributed by atoms with van der Waals surface area (Å²) >= 11 is 0. The first kappa shape index (κ1) is 17.8.